The Hall–Kier alpha value is -3.20. The number of hydrogen-bond donors (Lipinski definition) is 1. The van der Waals surface area contributed by atoms with Crippen LogP contribution in [0.2, 0.25) is 5.02 Å². The summed E-state index contributed by atoms with van der Waals surface area (Å²) in [7, 11) is 0. The fourth-order valence-corrected chi connectivity index (χ4v) is 2.15. The number of ether oxygens (including phenoxy) is 2. The maximum atomic E-state index is 12.8. The van der Waals surface area contributed by atoms with E-state index in [9.17, 15) is 24.1 Å². The standard InChI is InChI=1S/C17H14ClFN2O6/c1-10(27-13-5-2-11(19)3-6-13)17(23)26-9-16(22)20-15-7-4-12(21(24)25)8-14(15)18/h2-8,10H,9H2,1H3,(H,20,22)/t10-/m1/s1. The predicted octanol–water partition coefficient (Wildman–Crippen LogP) is 3.34. The number of halogens is 2. The van der Waals surface area contributed by atoms with E-state index < -0.39 is 35.3 Å². The van der Waals surface area contributed by atoms with E-state index in [4.69, 9.17) is 21.1 Å². The van der Waals surface area contributed by atoms with Crippen molar-refractivity contribution in [3.05, 3.63) is 63.4 Å². The number of nitrogens with zero attached hydrogens (tertiary/aromatic N) is 1. The third-order valence-electron chi connectivity index (χ3n) is 3.24. The summed E-state index contributed by atoms with van der Waals surface area (Å²) in [4.78, 5) is 33.7. The van der Waals surface area contributed by atoms with E-state index in [1.807, 2.05) is 0 Å². The van der Waals surface area contributed by atoms with Crippen molar-refractivity contribution in [2.24, 2.45) is 0 Å². The number of benzene rings is 2. The van der Waals surface area contributed by atoms with Gasteiger partial charge in [-0.2, -0.15) is 0 Å². The zero-order valence-electron chi connectivity index (χ0n) is 14.0. The molecule has 0 unspecified atom stereocenters. The average molecular weight is 397 g/mol. The van der Waals surface area contributed by atoms with E-state index in [1.165, 1.54) is 43.3 Å². The number of rotatable bonds is 7. The number of non-ortho nitro benzene ring substituents is 1. The normalized spacial score (nSPS) is 11.4. The van der Waals surface area contributed by atoms with Gasteiger partial charge in [0.05, 0.1) is 15.6 Å². The van der Waals surface area contributed by atoms with Crippen molar-refractivity contribution < 1.29 is 28.4 Å². The Morgan fingerprint density at radius 2 is 1.93 bits per heavy atom. The molecule has 1 amide bonds. The Kier molecular flexibility index (Phi) is 6.67. The smallest absolute Gasteiger partial charge is 0.347 e. The number of anilines is 1. The molecule has 2 rings (SSSR count). The molecule has 142 valence electrons. The topological polar surface area (TPSA) is 108 Å². The molecule has 0 saturated carbocycles. The molecule has 2 aromatic rings. The number of amides is 1. The number of nitro groups is 1. The first-order valence-electron chi connectivity index (χ1n) is 7.59. The van der Waals surface area contributed by atoms with Gasteiger partial charge in [-0.05, 0) is 37.3 Å². The lowest BCUT2D eigenvalue weighted by molar-refractivity contribution is -0.384. The van der Waals surface area contributed by atoms with E-state index in [0.717, 1.165) is 6.07 Å². The molecule has 0 aliphatic carbocycles. The van der Waals surface area contributed by atoms with Crippen molar-refractivity contribution >= 4 is 34.9 Å². The molecular weight excluding hydrogens is 383 g/mol. The first-order valence-corrected chi connectivity index (χ1v) is 7.96. The third kappa shape index (κ3) is 5.93. The summed E-state index contributed by atoms with van der Waals surface area (Å²) in [5.41, 5.74) is -0.0879. The van der Waals surface area contributed by atoms with Gasteiger partial charge >= 0.3 is 5.97 Å². The van der Waals surface area contributed by atoms with E-state index in [2.05, 4.69) is 5.32 Å². The second-order valence-corrected chi connectivity index (χ2v) is 5.70. The maximum Gasteiger partial charge on any atom is 0.347 e. The molecule has 0 spiro atoms. The second kappa shape index (κ2) is 8.95. The number of carbonyl (C=O) groups excluding carboxylic acids is 2. The Bertz CT molecular complexity index is 859. The summed E-state index contributed by atoms with van der Waals surface area (Å²) in [6.07, 6.45) is -1.02. The maximum absolute atomic E-state index is 12.8. The van der Waals surface area contributed by atoms with Gasteiger partial charge < -0.3 is 14.8 Å². The first-order chi connectivity index (χ1) is 12.8. The van der Waals surface area contributed by atoms with Crippen LogP contribution in [0.1, 0.15) is 6.92 Å². The average Bonchev–Trinajstić information content (AvgIpc) is 2.63. The van der Waals surface area contributed by atoms with Crippen LogP contribution in [0.3, 0.4) is 0 Å². The summed E-state index contributed by atoms with van der Waals surface area (Å²) >= 11 is 5.86. The molecule has 0 fully saturated rings. The summed E-state index contributed by atoms with van der Waals surface area (Å²) < 4.78 is 22.9. The minimum absolute atomic E-state index is 0.0307. The molecule has 1 N–H and O–H groups in total. The highest BCUT2D eigenvalue weighted by atomic mass is 35.5. The van der Waals surface area contributed by atoms with Crippen LogP contribution in [-0.4, -0.2) is 29.5 Å². The monoisotopic (exact) mass is 396 g/mol. The minimum Gasteiger partial charge on any atom is -0.479 e. The fourth-order valence-electron chi connectivity index (χ4n) is 1.92. The third-order valence-corrected chi connectivity index (χ3v) is 3.55. The molecule has 0 heterocycles. The van der Waals surface area contributed by atoms with Crippen LogP contribution in [0.5, 0.6) is 5.75 Å². The van der Waals surface area contributed by atoms with Crippen LogP contribution < -0.4 is 10.1 Å². The van der Waals surface area contributed by atoms with E-state index in [1.54, 1.807) is 0 Å². The van der Waals surface area contributed by atoms with Gasteiger partial charge in [0.1, 0.15) is 11.6 Å². The largest absolute Gasteiger partial charge is 0.479 e. The predicted molar refractivity (Wildman–Crippen MR) is 94.2 cm³/mol. The van der Waals surface area contributed by atoms with Crippen LogP contribution in [0.4, 0.5) is 15.8 Å². The lowest BCUT2D eigenvalue weighted by Crippen LogP contribution is -2.29. The highest BCUT2D eigenvalue weighted by Gasteiger charge is 2.18. The Balaban J connectivity index is 1.84. The Labute approximate surface area is 158 Å². The molecule has 0 aliphatic heterocycles. The molecule has 0 radical (unpaired) electrons. The highest BCUT2D eigenvalue weighted by molar-refractivity contribution is 6.34. The molecular formula is C17H14ClFN2O6. The quantitative estimate of drug-likeness (QED) is 0.437. The molecule has 8 nitrogen and oxygen atoms in total. The molecule has 0 bridgehead atoms. The van der Waals surface area contributed by atoms with Gasteiger partial charge in [0.2, 0.25) is 0 Å². The summed E-state index contributed by atoms with van der Waals surface area (Å²) in [5.74, 6) is -1.67. The van der Waals surface area contributed by atoms with E-state index in [-0.39, 0.29) is 22.1 Å². The lowest BCUT2D eigenvalue weighted by Gasteiger charge is -2.14. The van der Waals surface area contributed by atoms with Crippen molar-refractivity contribution in [2.45, 2.75) is 13.0 Å². The zero-order chi connectivity index (χ0) is 20.0. The molecule has 27 heavy (non-hydrogen) atoms. The van der Waals surface area contributed by atoms with Crippen molar-refractivity contribution in [3.8, 4) is 5.75 Å². The van der Waals surface area contributed by atoms with Crippen LogP contribution in [-0.2, 0) is 14.3 Å². The van der Waals surface area contributed by atoms with Crippen LogP contribution in [0, 0.1) is 15.9 Å². The van der Waals surface area contributed by atoms with Gasteiger partial charge in [-0.15, -0.1) is 0 Å². The summed E-state index contributed by atoms with van der Waals surface area (Å²) in [6, 6.07) is 8.57. The number of carbonyl (C=O) groups is 2. The van der Waals surface area contributed by atoms with Crippen LogP contribution >= 0.6 is 11.6 Å². The van der Waals surface area contributed by atoms with Crippen molar-refractivity contribution in [2.75, 3.05) is 11.9 Å². The number of hydrogen-bond acceptors (Lipinski definition) is 6. The van der Waals surface area contributed by atoms with E-state index in [0.29, 0.717) is 0 Å². The zero-order valence-corrected chi connectivity index (χ0v) is 14.7. The van der Waals surface area contributed by atoms with Crippen LogP contribution in [0.15, 0.2) is 42.5 Å². The molecule has 1 atom stereocenters. The number of esters is 1. The first kappa shape index (κ1) is 20.1. The van der Waals surface area contributed by atoms with E-state index >= 15 is 0 Å². The molecule has 0 aromatic heterocycles. The summed E-state index contributed by atoms with van der Waals surface area (Å²) in [5, 5.41) is 13.0. The SMILES string of the molecule is C[C@@H](Oc1ccc(F)cc1)C(=O)OCC(=O)Nc1ccc([N+](=O)[O-])cc1Cl. The van der Waals surface area contributed by atoms with Crippen LogP contribution in [0.25, 0.3) is 0 Å². The number of nitrogens with one attached hydrogen (secondary N) is 1. The van der Waals surface area contributed by atoms with Gasteiger partial charge in [0, 0.05) is 12.1 Å². The van der Waals surface area contributed by atoms with Crippen molar-refractivity contribution in [3.63, 3.8) is 0 Å². The molecule has 0 saturated heterocycles. The second-order valence-electron chi connectivity index (χ2n) is 5.29. The van der Waals surface area contributed by atoms with Gasteiger partial charge in [-0.3, -0.25) is 14.9 Å². The molecule has 0 aliphatic rings. The van der Waals surface area contributed by atoms with Gasteiger partial charge in [0.15, 0.2) is 12.7 Å². The minimum atomic E-state index is -1.02. The van der Waals surface area contributed by atoms with Crippen molar-refractivity contribution in [1.29, 1.82) is 0 Å². The highest BCUT2D eigenvalue weighted by Crippen LogP contribution is 2.26. The Morgan fingerprint density at radius 1 is 1.26 bits per heavy atom. The molecule has 2 aromatic carbocycles. The molecule has 10 heteroatoms. The van der Waals surface area contributed by atoms with Gasteiger partial charge in [-0.1, -0.05) is 11.6 Å². The Morgan fingerprint density at radius 3 is 2.52 bits per heavy atom. The summed E-state index contributed by atoms with van der Waals surface area (Å²) in [6.45, 7) is 0.806. The van der Waals surface area contributed by atoms with Gasteiger partial charge in [0.25, 0.3) is 11.6 Å². The lowest BCUT2D eigenvalue weighted by atomic mass is 10.3. The fraction of sp³-hybridized carbons (Fsp3) is 0.176. The number of nitro benzene ring substituents is 1. The van der Waals surface area contributed by atoms with Gasteiger partial charge in [-0.25, -0.2) is 9.18 Å². The van der Waals surface area contributed by atoms with Crippen molar-refractivity contribution in [1.82, 2.24) is 0 Å².